The number of amides is 1. The van der Waals surface area contributed by atoms with Crippen LogP contribution in [0.1, 0.15) is 13.3 Å². The minimum absolute atomic E-state index is 0.0344. The monoisotopic (exact) mass is 256 g/mol. The van der Waals surface area contributed by atoms with Gasteiger partial charge in [-0.05, 0) is 25.1 Å². The van der Waals surface area contributed by atoms with E-state index in [1.165, 1.54) is 0 Å². The summed E-state index contributed by atoms with van der Waals surface area (Å²) in [6, 6.07) is 7.04. The number of nitrogens with two attached hydrogens (primary N) is 1. The number of halogens is 1. The normalized spacial score (nSPS) is 11.9. The third-order valence-corrected chi connectivity index (χ3v) is 2.25. The highest BCUT2D eigenvalue weighted by atomic mass is 35.5. The fourth-order valence-corrected chi connectivity index (χ4v) is 1.36. The number of carbonyl (C=O) groups is 1. The molecule has 0 aromatic heterocycles. The highest BCUT2D eigenvalue weighted by molar-refractivity contribution is 6.30. The quantitative estimate of drug-likeness (QED) is 0.812. The summed E-state index contributed by atoms with van der Waals surface area (Å²) in [5, 5.41) is 3.32. The smallest absolute Gasteiger partial charge is 0.223 e. The van der Waals surface area contributed by atoms with Gasteiger partial charge in [0.15, 0.2) is 0 Å². The maximum absolute atomic E-state index is 11.3. The zero-order chi connectivity index (χ0) is 12.7. The van der Waals surface area contributed by atoms with Crippen LogP contribution in [0.4, 0.5) is 0 Å². The van der Waals surface area contributed by atoms with E-state index in [1.807, 2.05) is 6.92 Å². The Morgan fingerprint density at radius 3 is 3.00 bits per heavy atom. The van der Waals surface area contributed by atoms with Gasteiger partial charge in [-0.15, -0.1) is 0 Å². The maximum Gasteiger partial charge on any atom is 0.223 e. The molecule has 3 N–H and O–H groups in total. The van der Waals surface area contributed by atoms with E-state index < -0.39 is 0 Å². The molecule has 1 unspecified atom stereocenters. The molecule has 0 aliphatic heterocycles. The molecule has 5 heteroatoms. The number of hydrogen-bond acceptors (Lipinski definition) is 3. The number of carbonyl (C=O) groups excluding carboxylic acids is 1. The van der Waals surface area contributed by atoms with E-state index in [1.54, 1.807) is 24.3 Å². The van der Waals surface area contributed by atoms with Gasteiger partial charge in [-0.2, -0.15) is 0 Å². The Labute approximate surface area is 106 Å². The van der Waals surface area contributed by atoms with Crippen molar-refractivity contribution in [1.82, 2.24) is 5.32 Å². The molecular weight excluding hydrogens is 240 g/mol. The summed E-state index contributed by atoms with van der Waals surface area (Å²) >= 11 is 5.80. The van der Waals surface area contributed by atoms with Gasteiger partial charge in [0.1, 0.15) is 5.75 Å². The molecule has 17 heavy (non-hydrogen) atoms. The lowest BCUT2D eigenvalue weighted by atomic mass is 10.3. The second-order valence-corrected chi connectivity index (χ2v) is 4.27. The summed E-state index contributed by atoms with van der Waals surface area (Å²) in [6.45, 7) is 2.64. The van der Waals surface area contributed by atoms with Gasteiger partial charge in [0.05, 0.1) is 13.0 Å². The number of benzene rings is 1. The molecule has 1 aromatic carbocycles. The first-order valence-corrected chi connectivity index (χ1v) is 5.86. The van der Waals surface area contributed by atoms with Crippen molar-refractivity contribution in [2.75, 3.05) is 13.2 Å². The van der Waals surface area contributed by atoms with Crippen molar-refractivity contribution in [2.45, 2.75) is 19.4 Å². The Hall–Kier alpha value is -1.26. The molecule has 94 valence electrons. The molecular formula is C12H17ClN2O2. The van der Waals surface area contributed by atoms with Crippen molar-refractivity contribution in [3.63, 3.8) is 0 Å². The second kappa shape index (κ2) is 7.14. The molecule has 0 bridgehead atoms. The lowest BCUT2D eigenvalue weighted by molar-refractivity contribution is -0.121. The Morgan fingerprint density at radius 2 is 2.35 bits per heavy atom. The fraction of sp³-hybridized carbons (Fsp3) is 0.417. The topological polar surface area (TPSA) is 64.3 Å². The van der Waals surface area contributed by atoms with Gasteiger partial charge < -0.3 is 15.8 Å². The van der Waals surface area contributed by atoms with Gasteiger partial charge in [-0.25, -0.2) is 0 Å². The summed E-state index contributed by atoms with van der Waals surface area (Å²) in [5.41, 5.74) is 5.52. The lowest BCUT2D eigenvalue weighted by Gasteiger charge is -2.09. The first-order valence-electron chi connectivity index (χ1n) is 5.48. The summed E-state index contributed by atoms with van der Waals surface area (Å²) in [7, 11) is 0. The van der Waals surface area contributed by atoms with Crippen molar-refractivity contribution in [1.29, 1.82) is 0 Å². The molecule has 1 atom stereocenters. The third kappa shape index (κ3) is 6.14. The molecule has 0 saturated heterocycles. The molecule has 0 aliphatic carbocycles. The summed E-state index contributed by atoms with van der Waals surface area (Å²) in [5.74, 6) is 0.599. The van der Waals surface area contributed by atoms with E-state index in [9.17, 15) is 4.79 Å². The van der Waals surface area contributed by atoms with E-state index in [-0.39, 0.29) is 11.9 Å². The van der Waals surface area contributed by atoms with Crippen LogP contribution >= 0.6 is 11.6 Å². The molecule has 4 nitrogen and oxygen atoms in total. The number of nitrogens with one attached hydrogen (secondary N) is 1. The minimum atomic E-state index is -0.0654. The van der Waals surface area contributed by atoms with Crippen molar-refractivity contribution in [2.24, 2.45) is 5.73 Å². The van der Waals surface area contributed by atoms with Gasteiger partial charge in [-0.1, -0.05) is 17.7 Å². The Bertz CT molecular complexity index is 369. The van der Waals surface area contributed by atoms with Crippen LogP contribution < -0.4 is 15.8 Å². The van der Waals surface area contributed by atoms with E-state index in [0.29, 0.717) is 30.3 Å². The molecule has 0 heterocycles. The van der Waals surface area contributed by atoms with Crippen LogP contribution in [0.2, 0.25) is 5.02 Å². The third-order valence-electron chi connectivity index (χ3n) is 2.02. The summed E-state index contributed by atoms with van der Waals surface area (Å²) in [6.07, 6.45) is 0.305. The zero-order valence-electron chi connectivity index (χ0n) is 9.78. The molecule has 0 aliphatic rings. The van der Waals surface area contributed by atoms with Gasteiger partial charge in [-0.3, -0.25) is 4.79 Å². The van der Waals surface area contributed by atoms with Crippen molar-refractivity contribution in [3.05, 3.63) is 29.3 Å². The van der Waals surface area contributed by atoms with Crippen molar-refractivity contribution >= 4 is 17.5 Å². The van der Waals surface area contributed by atoms with Crippen molar-refractivity contribution in [3.8, 4) is 5.75 Å². The molecule has 1 amide bonds. The van der Waals surface area contributed by atoms with E-state index in [2.05, 4.69) is 5.32 Å². The van der Waals surface area contributed by atoms with E-state index >= 15 is 0 Å². The molecule has 1 aromatic rings. The lowest BCUT2D eigenvalue weighted by Crippen LogP contribution is -2.35. The standard InChI is InChI=1S/C12H17ClN2O2/c1-9(14)8-15-12(16)5-6-17-11-4-2-3-10(13)7-11/h2-4,7,9H,5-6,8,14H2,1H3,(H,15,16). The molecule has 0 spiro atoms. The minimum Gasteiger partial charge on any atom is -0.493 e. The van der Waals surface area contributed by atoms with Crippen LogP contribution in [0.15, 0.2) is 24.3 Å². The number of rotatable bonds is 6. The van der Waals surface area contributed by atoms with E-state index in [0.717, 1.165) is 0 Å². The second-order valence-electron chi connectivity index (χ2n) is 3.84. The number of ether oxygens (including phenoxy) is 1. The Kier molecular flexibility index (Phi) is 5.80. The Morgan fingerprint density at radius 1 is 1.59 bits per heavy atom. The van der Waals surface area contributed by atoms with Crippen LogP contribution in [0.25, 0.3) is 0 Å². The Balaban J connectivity index is 2.21. The van der Waals surface area contributed by atoms with Crippen LogP contribution in [-0.4, -0.2) is 25.1 Å². The van der Waals surface area contributed by atoms with Crippen LogP contribution in [0.3, 0.4) is 0 Å². The predicted molar refractivity (Wildman–Crippen MR) is 68.2 cm³/mol. The van der Waals surface area contributed by atoms with Gasteiger partial charge >= 0.3 is 0 Å². The van der Waals surface area contributed by atoms with Crippen LogP contribution in [0.5, 0.6) is 5.75 Å². The zero-order valence-corrected chi connectivity index (χ0v) is 10.5. The maximum atomic E-state index is 11.3. The van der Waals surface area contributed by atoms with Gasteiger partial charge in [0.25, 0.3) is 0 Å². The number of hydrogen-bond donors (Lipinski definition) is 2. The molecule has 0 fully saturated rings. The molecule has 0 saturated carbocycles. The summed E-state index contributed by atoms with van der Waals surface area (Å²) in [4.78, 5) is 11.3. The average molecular weight is 257 g/mol. The highest BCUT2D eigenvalue weighted by Gasteiger charge is 2.03. The van der Waals surface area contributed by atoms with Gasteiger partial charge in [0, 0.05) is 17.6 Å². The average Bonchev–Trinajstić information content (AvgIpc) is 2.26. The fourth-order valence-electron chi connectivity index (χ4n) is 1.18. The summed E-state index contributed by atoms with van der Waals surface area (Å²) < 4.78 is 5.39. The van der Waals surface area contributed by atoms with Crippen molar-refractivity contribution < 1.29 is 9.53 Å². The van der Waals surface area contributed by atoms with Crippen LogP contribution in [-0.2, 0) is 4.79 Å². The first kappa shape index (κ1) is 13.8. The highest BCUT2D eigenvalue weighted by Crippen LogP contribution is 2.16. The van der Waals surface area contributed by atoms with E-state index in [4.69, 9.17) is 22.1 Å². The van der Waals surface area contributed by atoms with Gasteiger partial charge in [0.2, 0.25) is 5.91 Å². The molecule has 1 rings (SSSR count). The van der Waals surface area contributed by atoms with Crippen LogP contribution in [0, 0.1) is 0 Å². The molecule has 0 radical (unpaired) electrons. The first-order chi connectivity index (χ1) is 8.08. The SMILES string of the molecule is CC(N)CNC(=O)CCOc1cccc(Cl)c1. The largest absolute Gasteiger partial charge is 0.493 e. The predicted octanol–water partition coefficient (Wildman–Crippen LogP) is 1.57.